The van der Waals surface area contributed by atoms with Gasteiger partial charge in [0.15, 0.2) is 0 Å². The average molecular weight is 223 g/mol. The molecular weight excluding hydrogens is 206 g/mol. The summed E-state index contributed by atoms with van der Waals surface area (Å²) in [6, 6.07) is 3.16. The number of carbonyl (C=O) groups is 1. The third-order valence-corrected chi connectivity index (χ3v) is 2.29. The zero-order chi connectivity index (χ0) is 11.8. The number of hydrogen-bond acceptors (Lipinski definition) is 4. The molecule has 5 nitrogen and oxygen atoms in total. The second-order valence-electron chi connectivity index (χ2n) is 3.59. The van der Waals surface area contributed by atoms with Crippen LogP contribution in [-0.2, 0) is 11.2 Å². The lowest BCUT2D eigenvalue weighted by molar-refractivity contribution is -0.138. The van der Waals surface area contributed by atoms with E-state index in [0.29, 0.717) is 13.0 Å². The van der Waals surface area contributed by atoms with Crippen LogP contribution in [0.2, 0.25) is 0 Å². The highest BCUT2D eigenvalue weighted by molar-refractivity contribution is 5.72. The Morgan fingerprint density at radius 1 is 1.44 bits per heavy atom. The predicted molar refractivity (Wildman–Crippen MR) is 61.0 cm³/mol. The maximum Gasteiger partial charge on any atom is 0.320 e. The molecule has 5 heteroatoms. The molecule has 1 unspecified atom stereocenters. The van der Waals surface area contributed by atoms with E-state index in [1.807, 2.05) is 12.1 Å². The molecule has 0 aliphatic carbocycles. The molecule has 1 aromatic rings. The Morgan fingerprint density at radius 3 is 2.75 bits per heavy atom. The highest BCUT2D eigenvalue weighted by Gasteiger charge is 2.09. The Hall–Kier alpha value is -1.46. The van der Waals surface area contributed by atoms with E-state index in [1.165, 1.54) is 5.56 Å². The van der Waals surface area contributed by atoms with Gasteiger partial charge in [-0.15, -0.1) is 0 Å². The van der Waals surface area contributed by atoms with Crippen LogP contribution < -0.4 is 11.1 Å². The summed E-state index contributed by atoms with van der Waals surface area (Å²) in [6.45, 7) is 1.44. The molecule has 0 aliphatic rings. The second kappa shape index (κ2) is 6.92. The van der Waals surface area contributed by atoms with E-state index in [1.54, 1.807) is 12.4 Å². The molecular formula is C11H17N3O2. The van der Waals surface area contributed by atoms with Crippen molar-refractivity contribution < 1.29 is 9.90 Å². The largest absolute Gasteiger partial charge is 0.480 e. The Labute approximate surface area is 94.7 Å². The maximum atomic E-state index is 10.4. The fraction of sp³-hybridized carbons (Fsp3) is 0.455. The van der Waals surface area contributed by atoms with Crippen LogP contribution in [0.3, 0.4) is 0 Å². The van der Waals surface area contributed by atoms with E-state index in [-0.39, 0.29) is 0 Å². The molecule has 0 saturated carbocycles. The first kappa shape index (κ1) is 12.6. The molecule has 0 bridgehead atoms. The second-order valence-corrected chi connectivity index (χ2v) is 3.59. The molecule has 16 heavy (non-hydrogen) atoms. The van der Waals surface area contributed by atoms with Gasteiger partial charge >= 0.3 is 5.97 Å². The average Bonchev–Trinajstić information content (AvgIpc) is 2.29. The third-order valence-electron chi connectivity index (χ3n) is 2.29. The SMILES string of the molecule is NC(CCNCCc1ccncc1)C(=O)O. The van der Waals surface area contributed by atoms with E-state index in [4.69, 9.17) is 10.8 Å². The molecule has 4 N–H and O–H groups in total. The normalized spacial score (nSPS) is 12.3. The molecule has 0 aromatic carbocycles. The van der Waals surface area contributed by atoms with Crippen molar-refractivity contribution in [2.24, 2.45) is 5.73 Å². The van der Waals surface area contributed by atoms with Crippen LogP contribution in [0, 0.1) is 0 Å². The summed E-state index contributed by atoms with van der Waals surface area (Å²) in [5, 5.41) is 11.7. The smallest absolute Gasteiger partial charge is 0.320 e. The van der Waals surface area contributed by atoms with Crippen molar-refractivity contribution in [3.63, 3.8) is 0 Å². The van der Waals surface area contributed by atoms with Crippen molar-refractivity contribution in [3.05, 3.63) is 30.1 Å². The molecule has 0 aliphatic heterocycles. The summed E-state index contributed by atoms with van der Waals surface area (Å²) in [7, 11) is 0. The van der Waals surface area contributed by atoms with Gasteiger partial charge in [0.1, 0.15) is 6.04 Å². The lowest BCUT2D eigenvalue weighted by Gasteiger charge is -2.07. The van der Waals surface area contributed by atoms with Gasteiger partial charge in [-0.05, 0) is 43.6 Å². The van der Waals surface area contributed by atoms with Crippen LogP contribution in [0.5, 0.6) is 0 Å². The number of nitrogens with two attached hydrogens (primary N) is 1. The fourth-order valence-electron chi connectivity index (χ4n) is 1.29. The van der Waals surface area contributed by atoms with Crippen molar-refractivity contribution in [1.29, 1.82) is 0 Å². The van der Waals surface area contributed by atoms with Crippen LogP contribution in [-0.4, -0.2) is 35.2 Å². The number of hydrogen-bond donors (Lipinski definition) is 3. The summed E-state index contributed by atoms with van der Waals surface area (Å²) in [5.41, 5.74) is 6.58. The van der Waals surface area contributed by atoms with E-state index < -0.39 is 12.0 Å². The first-order valence-corrected chi connectivity index (χ1v) is 5.28. The van der Waals surface area contributed by atoms with Gasteiger partial charge < -0.3 is 16.2 Å². The summed E-state index contributed by atoms with van der Waals surface area (Å²) in [6.07, 6.45) is 4.88. The molecule has 88 valence electrons. The highest BCUT2D eigenvalue weighted by Crippen LogP contribution is 1.96. The van der Waals surface area contributed by atoms with E-state index in [9.17, 15) is 4.79 Å². The van der Waals surface area contributed by atoms with Gasteiger partial charge in [-0.3, -0.25) is 9.78 Å². The third kappa shape index (κ3) is 4.86. The summed E-state index contributed by atoms with van der Waals surface area (Å²) in [5.74, 6) is -0.948. The van der Waals surface area contributed by atoms with Crippen LogP contribution >= 0.6 is 0 Å². The standard InChI is InChI=1S/C11H17N3O2/c12-10(11(15)16)4-8-14-7-3-9-1-5-13-6-2-9/h1-2,5-6,10,14H,3-4,7-8,12H2,(H,15,16). The number of pyridine rings is 1. The van der Waals surface area contributed by atoms with Crippen molar-refractivity contribution in [3.8, 4) is 0 Å². The number of nitrogens with zero attached hydrogens (tertiary/aromatic N) is 1. The number of aromatic nitrogens is 1. The molecule has 1 rings (SSSR count). The predicted octanol–water partition coefficient (Wildman–Crippen LogP) is 0.0157. The number of carboxylic acids is 1. The van der Waals surface area contributed by atoms with Gasteiger partial charge in [-0.1, -0.05) is 0 Å². The Balaban J connectivity index is 2.07. The highest BCUT2D eigenvalue weighted by atomic mass is 16.4. The molecule has 0 spiro atoms. The monoisotopic (exact) mass is 223 g/mol. The topological polar surface area (TPSA) is 88.2 Å². The molecule has 1 atom stereocenters. The van der Waals surface area contributed by atoms with Gasteiger partial charge in [0.25, 0.3) is 0 Å². The summed E-state index contributed by atoms with van der Waals surface area (Å²) >= 11 is 0. The minimum Gasteiger partial charge on any atom is -0.480 e. The minimum absolute atomic E-state index is 0.450. The minimum atomic E-state index is -0.948. The molecule has 1 heterocycles. The summed E-state index contributed by atoms with van der Waals surface area (Å²) < 4.78 is 0. The first-order valence-electron chi connectivity index (χ1n) is 5.28. The maximum absolute atomic E-state index is 10.4. The summed E-state index contributed by atoms with van der Waals surface area (Å²) in [4.78, 5) is 14.4. The lowest BCUT2D eigenvalue weighted by Crippen LogP contribution is -2.34. The van der Waals surface area contributed by atoms with Crippen molar-refractivity contribution in [2.45, 2.75) is 18.9 Å². The molecule has 0 saturated heterocycles. The van der Waals surface area contributed by atoms with Gasteiger partial charge in [-0.25, -0.2) is 0 Å². The number of carboxylic acid groups (broad SMARTS) is 1. The zero-order valence-electron chi connectivity index (χ0n) is 9.10. The van der Waals surface area contributed by atoms with Crippen molar-refractivity contribution >= 4 is 5.97 Å². The van der Waals surface area contributed by atoms with Crippen molar-refractivity contribution in [1.82, 2.24) is 10.3 Å². The van der Waals surface area contributed by atoms with Gasteiger partial charge in [0.05, 0.1) is 0 Å². The Bertz CT molecular complexity index is 316. The quantitative estimate of drug-likeness (QED) is 0.567. The number of nitrogens with one attached hydrogen (secondary N) is 1. The van der Waals surface area contributed by atoms with Crippen LogP contribution in [0.25, 0.3) is 0 Å². The van der Waals surface area contributed by atoms with Gasteiger partial charge in [-0.2, -0.15) is 0 Å². The van der Waals surface area contributed by atoms with Gasteiger partial charge in [0.2, 0.25) is 0 Å². The van der Waals surface area contributed by atoms with Gasteiger partial charge in [0, 0.05) is 12.4 Å². The van der Waals surface area contributed by atoms with E-state index in [2.05, 4.69) is 10.3 Å². The Kier molecular flexibility index (Phi) is 5.45. The first-order chi connectivity index (χ1) is 7.70. The molecule has 0 amide bonds. The van der Waals surface area contributed by atoms with Crippen LogP contribution in [0.1, 0.15) is 12.0 Å². The number of rotatable bonds is 7. The number of aliphatic carboxylic acids is 1. The van der Waals surface area contributed by atoms with E-state index >= 15 is 0 Å². The van der Waals surface area contributed by atoms with E-state index in [0.717, 1.165) is 13.0 Å². The lowest BCUT2D eigenvalue weighted by atomic mass is 10.2. The fourth-order valence-corrected chi connectivity index (χ4v) is 1.29. The van der Waals surface area contributed by atoms with Crippen LogP contribution in [0.15, 0.2) is 24.5 Å². The molecule has 0 radical (unpaired) electrons. The zero-order valence-corrected chi connectivity index (χ0v) is 9.10. The van der Waals surface area contributed by atoms with Crippen LogP contribution in [0.4, 0.5) is 0 Å². The Morgan fingerprint density at radius 2 is 2.12 bits per heavy atom. The molecule has 0 fully saturated rings. The van der Waals surface area contributed by atoms with Crippen molar-refractivity contribution in [2.75, 3.05) is 13.1 Å². The molecule has 1 aromatic heterocycles.